The normalized spacial score (nSPS) is 15.9. The maximum absolute atomic E-state index is 3.61. The lowest BCUT2D eigenvalue weighted by molar-refractivity contribution is 0.723. The maximum Gasteiger partial charge on any atom is 0.0170 e. The van der Waals surface area contributed by atoms with Crippen LogP contribution < -0.4 is 5.32 Å². The Hall–Kier alpha value is -1.60. The smallest absolute Gasteiger partial charge is 0.0170 e. The molecule has 0 aromatic heterocycles. The Kier molecular flexibility index (Phi) is 3.65. The van der Waals surface area contributed by atoms with Crippen molar-refractivity contribution >= 4 is 16.8 Å². The van der Waals surface area contributed by atoms with Crippen molar-refractivity contribution in [1.82, 2.24) is 5.32 Å². The minimum Gasteiger partial charge on any atom is -0.310 e. The zero-order valence-corrected chi connectivity index (χ0v) is 11.5. The highest BCUT2D eigenvalue weighted by atomic mass is 14.9. The van der Waals surface area contributed by atoms with Gasteiger partial charge in [-0.3, -0.25) is 0 Å². The van der Waals surface area contributed by atoms with Gasteiger partial charge in [-0.1, -0.05) is 61.0 Å². The SMILES string of the molecule is CCC(=Cc1cccc2ccccc12)CNC1CC1. The fourth-order valence-electron chi connectivity index (χ4n) is 2.44. The third-order valence-electron chi connectivity index (χ3n) is 3.83. The predicted octanol–water partition coefficient (Wildman–Crippen LogP) is 4.39. The molecule has 98 valence electrons. The minimum absolute atomic E-state index is 0.780. The maximum atomic E-state index is 3.61. The average molecular weight is 251 g/mol. The van der Waals surface area contributed by atoms with Crippen LogP contribution in [0.4, 0.5) is 0 Å². The van der Waals surface area contributed by atoms with Crippen molar-refractivity contribution in [3.63, 3.8) is 0 Å². The lowest BCUT2D eigenvalue weighted by atomic mass is 10.0. The van der Waals surface area contributed by atoms with Crippen molar-refractivity contribution in [3.8, 4) is 0 Å². The van der Waals surface area contributed by atoms with Gasteiger partial charge in [0.05, 0.1) is 0 Å². The Morgan fingerprint density at radius 1 is 1.16 bits per heavy atom. The van der Waals surface area contributed by atoms with Crippen LogP contribution in [-0.4, -0.2) is 12.6 Å². The quantitative estimate of drug-likeness (QED) is 0.831. The molecule has 1 heteroatoms. The Morgan fingerprint density at radius 3 is 2.74 bits per heavy atom. The molecule has 19 heavy (non-hydrogen) atoms. The van der Waals surface area contributed by atoms with Gasteiger partial charge >= 0.3 is 0 Å². The van der Waals surface area contributed by atoms with Crippen molar-refractivity contribution in [3.05, 3.63) is 53.6 Å². The number of hydrogen-bond donors (Lipinski definition) is 1. The standard InChI is InChI=1S/C18H21N/c1-2-14(13-19-17-10-11-17)12-16-8-5-7-15-6-3-4-9-18(15)16/h3-9,12,17,19H,2,10-11,13H2,1H3. The van der Waals surface area contributed by atoms with E-state index in [9.17, 15) is 0 Å². The zero-order valence-electron chi connectivity index (χ0n) is 11.5. The summed E-state index contributed by atoms with van der Waals surface area (Å²) in [6.07, 6.45) is 6.18. The van der Waals surface area contributed by atoms with Crippen LogP contribution in [0.15, 0.2) is 48.0 Å². The minimum atomic E-state index is 0.780. The van der Waals surface area contributed by atoms with E-state index in [1.165, 1.54) is 34.8 Å². The average Bonchev–Trinajstić information content (AvgIpc) is 3.28. The molecule has 2 aromatic rings. The molecule has 3 rings (SSSR count). The molecule has 0 aliphatic heterocycles. The van der Waals surface area contributed by atoms with E-state index in [0.29, 0.717) is 0 Å². The fourth-order valence-corrected chi connectivity index (χ4v) is 2.44. The van der Waals surface area contributed by atoms with Crippen LogP contribution in [0.25, 0.3) is 16.8 Å². The number of hydrogen-bond acceptors (Lipinski definition) is 1. The van der Waals surface area contributed by atoms with Crippen LogP contribution in [0.1, 0.15) is 31.7 Å². The summed E-state index contributed by atoms with van der Waals surface area (Å²) in [5.41, 5.74) is 2.83. The van der Waals surface area contributed by atoms with Crippen LogP contribution in [0.5, 0.6) is 0 Å². The molecule has 2 aromatic carbocycles. The third kappa shape index (κ3) is 3.05. The number of fused-ring (bicyclic) bond motifs is 1. The molecule has 1 fully saturated rings. The van der Waals surface area contributed by atoms with Crippen LogP contribution in [0, 0.1) is 0 Å². The second-order valence-electron chi connectivity index (χ2n) is 5.38. The molecule has 1 aliphatic carbocycles. The second kappa shape index (κ2) is 5.58. The number of benzene rings is 2. The summed E-state index contributed by atoms with van der Waals surface area (Å²) in [7, 11) is 0. The highest BCUT2D eigenvalue weighted by Crippen LogP contribution is 2.22. The summed E-state index contributed by atoms with van der Waals surface area (Å²) < 4.78 is 0. The van der Waals surface area contributed by atoms with Gasteiger partial charge in [0, 0.05) is 12.6 Å². The highest BCUT2D eigenvalue weighted by Gasteiger charge is 2.20. The number of rotatable bonds is 5. The van der Waals surface area contributed by atoms with E-state index in [4.69, 9.17) is 0 Å². The van der Waals surface area contributed by atoms with E-state index in [0.717, 1.165) is 19.0 Å². The van der Waals surface area contributed by atoms with Gasteiger partial charge < -0.3 is 5.32 Å². The first-order valence-electron chi connectivity index (χ1n) is 7.27. The third-order valence-corrected chi connectivity index (χ3v) is 3.83. The summed E-state index contributed by atoms with van der Waals surface area (Å²) in [5, 5.41) is 6.28. The summed E-state index contributed by atoms with van der Waals surface area (Å²) in [6.45, 7) is 3.27. The summed E-state index contributed by atoms with van der Waals surface area (Å²) >= 11 is 0. The molecule has 0 bridgehead atoms. The molecule has 0 heterocycles. The Bertz CT molecular complexity index is 588. The molecular weight excluding hydrogens is 230 g/mol. The zero-order chi connectivity index (χ0) is 13.1. The Morgan fingerprint density at radius 2 is 1.95 bits per heavy atom. The van der Waals surface area contributed by atoms with Gasteiger partial charge in [-0.25, -0.2) is 0 Å². The topological polar surface area (TPSA) is 12.0 Å². The van der Waals surface area contributed by atoms with Gasteiger partial charge in [-0.15, -0.1) is 0 Å². The van der Waals surface area contributed by atoms with Crippen molar-refractivity contribution in [2.24, 2.45) is 0 Å². The fraction of sp³-hybridized carbons (Fsp3) is 0.333. The summed E-state index contributed by atoms with van der Waals surface area (Å²) in [5.74, 6) is 0. The van der Waals surface area contributed by atoms with Crippen molar-refractivity contribution in [2.45, 2.75) is 32.2 Å². The van der Waals surface area contributed by atoms with Gasteiger partial charge in [0.15, 0.2) is 0 Å². The first kappa shape index (κ1) is 12.4. The molecule has 1 aliphatic rings. The van der Waals surface area contributed by atoms with Gasteiger partial charge in [-0.2, -0.15) is 0 Å². The second-order valence-corrected chi connectivity index (χ2v) is 5.38. The van der Waals surface area contributed by atoms with E-state index in [1.807, 2.05) is 0 Å². The molecule has 0 radical (unpaired) electrons. The Balaban J connectivity index is 1.88. The first-order valence-corrected chi connectivity index (χ1v) is 7.27. The summed E-state index contributed by atoms with van der Waals surface area (Å²) in [6, 6.07) is 15.9. The number of nitrogens with one attached hydrogen (secondary N) is 1. The predicted molar refractivity (Wildman–Crippen MR) is 83.2 cm³/mol. The molecule has 0 saturated heterocycles. The monoisotopic (exact) mass is 251 g/mol. The molecule has 0 amide bonds. The van der Waals surface area contributed by atoms with Crippen molar-refractivity contribution < 1.29 is 0 Å². The first-order chi connectivity index (χ1) is 9.36. The van der Waals surface area contributed by atoms with Gasteiger partial charge in [0.2, 0.25) is 0 Å². The van der Waals surface area contributed by atoms with Crippen LogP contribution >= 0.6 is 0 Å². The van der Waals surface area contributed by atoms with Gasteiger partial charge in [0.1, 0.15) is 0 Å². The van der Waals surface area contributed by atoms with E-state index >= 15 is 0 Å². The van der Waals surface area contributed by atoms with E-state index < -0.39 is 0 Å². The largest absolute Gasteiger partial charge is 0.310 e. The van der Waals surface area contributed by atoms with Gasteiger partial charge in [0.25, 0.3) is 0 Å². The van der Waals surface area contributed by atoms with Crippen LogP contribution in [-0.2, 0) is 0 Å². The van der Waals surface area contributed by atoms with Crippen molar-refractivity contribution in [2.75, 3.05) is 6.54 Å². The van der Waals surface area contributed by atoms with Crippen molar-refractivity contribution in [1.29, 1.82) is 0 Å². The molecular formula is C18H21N. The van der Waals surface area contributed by atoms with Gasteiger partial charge in [-0.05, 0) is 35.6 Å². The lowest BCUT2D eigenvalue weighted by Gasteiger charge is -2.08. The highest BCUT2D eigenvalue weighted by molar-refractivity contribution is 5.90. The van der Waals surface area contributed by atoms with E-state index in [-0.39, 0.29) is 0 Å². The van der Waals surface area contributed by atoms with E-state index in [2.05, 4.69) is 60.8 Å². The molecule has 1 saturated carbocycles. The summed E-state index contributed by atoms with van der Waals surface area (Å²) in [4.78, 5) is 0. The molecule has 0 unspecified atom stereocenters. The Labute approximate surface area is 115 Å². The molecule has 1 nitrogen and oxygen atoms in total. The molecule has 1 N–H and O–H groups in total. The molecule has 0 atom stereocenters. The lowest BCUT2D eigenvalue weighted by Crippen LogP contribution is -2.18. The van der Waals surface area contributed by atoms with Crippen LogP contribution in [0.3, 0.4) is 0 Å². The molecule has 0 spiro atoms. The van der Waals surface area contributed by atoms with E-state index in [1.54, 1.807) is 0 Å². The van der Waals surface area contributed by atoms with Crippen LogP contribution in [0.2, 0.25) is 0 Å².